The molecular formula is C11H13N7O3. The molecule has 110 valence electrons. The highest BCUT2D eigenvalue weighted by Gasteiger charge is 2.28. The summed E-state index contributed by atoms with van der Waals surface area (Å²) in [4.78, 5) is 25.5. The molecular weight excluding hydrogens is 278 g/mol. The van der Waals surface area contributed by atoms with Gasteiger partial charge < -0.3 is 14.7 Å². The third-order valence-electron chi connectivity index (χ3n) is 3.24. The standard InChI is InChI=1S/C11H13N7O3/c19-10(6-18-7-12-15-16-18)17-3-1-8(5-17)13-11(20)9-2-4-21-14-9/h2,4,7-8H,1,3,5-6H2,(H,13,20)/t8-/m0/s1. The molecule has 3 rings (SSSR count). The first kappa shape index (κ1) is 13.2. The van der Waals surface area contributed by atoms with Crippen LogP contribution in [0.5, 0.6) is 0 Å². The number of likely N-dealkylation sites (tertiary alicyclic amines) is 1. The van der Waals surface area contributed by atoms with E-state index in [1.165, 1.54) is 23.3 Å². The molecule has 0 saturated carbocycles. The first-order valence-electron chi connectivity index (χ1n) is 6.42. The van der Waals surface area contributed by atoms with Gasteiger partial charge in [-0.05, 0) is 16.8 Å². The highest BCUT2D eigenvalue weighted by Crippen LogP contribution is 2.10. The number of tetrazole rings is 1. The van der Waals surface area contributed by atoms with Crippen molar-refractivity contribution in [3.63, 3.8) is 0 Å². The maximum atomic E-state index is 12.0. The summed E-state index contributed by atoms with van der Waals surface area (Å²) >= 11 is 0. The number of carbonyl (C=O) groups excluding carboxylic acids is 2. The number of hydrogen-bond donors (Lipinski definition) is 1. The Hall–Kier alpha value is -2.78. The van der Waals surface area contributed by atoms with E-state index in [0.717, 1.165) is 0 Å². The van der Waals surface area contributed by atoms with E-state index in [4.69, 9.17) is 0 Å². The molecule has 1 saturated heterocycles. The van der Waals surface area contributed by atoms with Crippen LogP contribution in [-0.4, -0.2) is 61.2 Å². The zero-order valence-electron chi connectivity index (χ0n) is 11.0. The van der Waals surface area contributed by atoms with Gasteiger partial charge >= 0.3 is 0 Å². The van der Waals surface area contributed by atoms with Crippen LogP contribution < -0.4 is 5.32 Å². The minimum atomic E-state index is -0.302. The second-order valence-electron chi connectivity index (χ2n) is 4.69. The van der Waals surface area contributed by atoms with Gasteiger partial charge in [0.2, 0.25) is 5.91 Å². The van der Waals surface area contributed by atoms with Gasteiger partial charge in [0.1, 0.15) is 19.1 Å². The van der Waals surface area contributed by atoms with Crippen molar-refractivity contribution in [1.82, 2.24) is 35.6 Å². The summed E-state index contributed by atoms with van der Waals surface area (Å²) in [5, 5.41) is 17.0. The van der Waals surface area contributed by atoms with Crippen LogP contribution in [0.1, 0.15) is 16.9 Å². The molecule has 10 nitrogen and oxygen atoms in total. The summed E-state index contributed by atoms with van der Waals surface area (Å²) in [6, 6.07) is 1.40. The van der Waals surface area contributed by atoms with E-state index in [9.17, 15) is 9.59 Å². The monoisotopic (exact) mass is 291 g/mol. The average Bonchev–Trinajstić information content (AvgIpc) is 3.21. The maximum absolute atomic E-state index is 12.0. The molecule has 2 amide bonds. The van der Waals surface area contributed by atoms with Gasteiger partial charge in [-0.3, -0.25) is 9.59 Å². The highest BCUT2D eigenvalue weighted by atomic mass is 16.5. The van der Waals surface area contributed by atoms with E-state index in [1.54, 1.807) is 4.90 Å². The van der Waals surface area contributed by atoms with Crippen molar-refractivity contribution in [2.75, 3.05) is 13.1 Å². The molecule has 1 aliphatic rings. The van der Waals surface area contributed by atoms with Crippen LogP contribution in [0, 0.1) is 0 Å². The average molecular weight is 291 g/mol. The van der Waals surface area contributed by atoms with Gasteiger partial charge in [-0.25, -0.2) is 4.68 Å². The maximum Gasteiger partial charge on any atom is 0.273 e. The lowest BCUT2D eigenvalue weighted by molar-refractivity contribution is -0.131. The molecule has 0 aromatic carbocycles. The van der Waals surface area contributed by atoms with Gasteiger partial charge in [-0.2, -0.15) is 0 Å². The molecule has 2 aromatic heterocycles. The van der Waals surface area contributed by atoms with Crippen LogP contribution in [0.4, 0.5) is 0 Å². The Balaban J connectivity index is 1.51. The van der Waals surface area contributed by atoms with Gasteiger partial charge in [0.25, 0.3) is 5.91 Å². The van der Waals surface area contributed by atoms with E-state index in [-0.39, 0.29) is 30.1 Å². The molecule has 21 heavy (non-hydrogen) atoms. The minimum Gasteiger partial charge on any atom is -0.364 e. The Morgan fingerprint density at radius 3 is 3.10 bits per heavy atom. The Bertz CT molecular complexity index is 610. The summed E-state index contributed by atoms with van der Waals surface area (Å²) in [7, 11) is 0. The Morgan fingerprint density at radius 2 is 2.38 bits per heavy atom. The van der Waals surface area contributed by atoms with Crippen LogP contribution in [0.25, 0.3) is 0 Å². The lowest BCUT2D eigenvalue weighted by Gasteiger charge is -2.16. The van der Waals surface area contributed by atoms with Gasteiger partial charge in [0, 0.05) is 25.2 Å². The lowest BCUT2D eigenvalue weighted by Crippen LogP contribution is -2.39. The van der Waals surface area contributed by atoms with E-state index >= 15 is 0 Å². The molecule has 0 radical (unpaired) electrons. The predicted octanol–water partition coefficient (Wildman–Crippen LogP) is -1.31. The second-order valence-corrected chi connectivity index (χ2v) is 4.69. The van der Waals surface area contributed by atoms with Crippen LogP contribution >= 0.6 is 0 Å². The third kappa shape index (κ3) is 3.04. The molecule has 2 aromatic rings. The number of nitrogens with zero attached hydrogens (tertiary/aromatic N) is 6. The van der Waals surface area contributed by atoms with Gasteiger partial charge in [0.15, 0.2) is 5.69 Å². The summed E-state index contributed by atoms with van der Waals surface area (Å²) in [6.45, 7) is 1.15. The molecule has 10 heteroatoms. The first-order valence-corrected chi connectivity index (χ1v) is 6.42. The van der Waals surface area contributed by atoms with Crippen molar-refractivity contribution in [2.24, 2.45) is 0 Å². The smallest absolute Gasteiger partial charge is 0.273 e. The highest BCUT2D eigenvalue weighted by molar-refractivity contribution is 5.92. The van der Waals surface area contributed by atoms with Crippen molar-refractivity contribution in [1.29, 1.82) is 0 Å². The van der Waals surface area contributed by atoms with Gasteiger partial charge in [0.05, 0.1) is 0 Å². The van der Waals surface area contributed by atoms with Crippen LogP contribution in [0.2, 0.25) is 0 Å². The minimum absolute atomic E-state index is 0.0829. The molecule has 3 heterocycles. The zero-order chi connectivity index (χ0) is 14.7. The number of rotatable bonds is 4. The van der Waals surface area contributed by atoms with Gasteiger partial charge in [-0.1, -0.05) is 5.16 Å². The topological polar surface area (TPSA) is 119 Å². The molecule has 0 aliphatic carbocycles. The predicted molar refractivity (Wildman–Crippen MR) is 66.8 cm³/mol. The summed E-state index contributed by atoms with van der Waals surface area (Å²) < 4.78 is 5.99. The summed E-state index contributed by atoms with van der Waals surface area (Å²) in [5.74, 6) is -0.385. The second kappa shape index (κ2) is 5.69. The van der Waals surface area contributed by atoms with Crippen molar-refractivity contribution in [3.8, 4) is 0 Å². The summed E-state index contributed by atoms with van der Waals surface area (Å²) in [5.41, 5.74) is 0.230. The van der Waals surface area contributed by atoms with E-state index in [2.05, 4.69) is 30.5 Å². The molecule has 0 unspecified atom stereocenters. The number of carbonyl (C=O) groups is 2. The molecule has 1 N–H and O–H groups in total. The Morgan fingerprint density at radius 1 is 1.48 bits per heavy atom. The number of nitrogens with one attached hydrogen (secondary N) is 1. The van der Waals surface area contributed by atoms with Crippen LogP contribution in [0.15, 0.2) is 23.2 Å². The van der Waals surface area contributed by atoms with E-state index in [0.29, 0.717) is 19.5 Å². The Kier molecular flexibility index (Phi) is 3.58. The van der Waals surface area contributed by atoms with E-state index < -0.39 is 0 Å². The number of amides is 2. The van der Waals surface area contributed by atoms with E-state index in [1.807, 2.05) is 0 Å². The van der Waals surface area contributed by atoms with Crippen molar-refractivity contribution in [3.05, 3.63) is 24.4 Å². The molecule has 1 aliphatic heterocycles. The molecule has 0 spiro atoms. The zero-order valence-corrected chi connectivity index (χ0v) is 11.0. The first-order chi connectivity index (χ1) is 10.2. The summed E-state index contributed by atoms with van der Waals surface area (Å²) in [6.07, 6.45) is 3.42. The molecule has 1 atom stereocenters. The fourth-order valence-corrected chi connectivity index (χ4v) is 2.18. The Labute approximate surface area is 119 Å². The van der Waals surface area contributed by atoms with Crippen LogP contribution in [-0.2, 0) is 11.3 Å². The molecule has 0 bridgehead atoms. The normalized spacial score (nSPS) is 17.9. The number of aromatic nitrogens is 5. The van der Waals surface area contributed by atoms with Crippen LogP contribution in [0.3, 0.4) is 0 Å². The SMILES string of the molecule is O=C(N[C@H]1CCN(C(=O)Cn2cnnn2)C1)c1ccon1. The van der Waals surface area contributed by atoms with Crippen molar-refractivity contribution in [2.45, 2.75) is 19.0 Å². The largest absolute Gasteiger partial charge is 0.364 e. The number of hydrogen-bond acceptors (Lipinski definition) is 7. The third-order valence-corrected chi connectivity index (χ3v) is 3.24. The van der Waals surface area contributed by atoms with Gasteiger partial charge in [-0.15, -0.1) is 5.10 Å². The fourth-order valence-electron chi connectivity index (χ4n) is 2.18. The van der Waals surface area contributed by atoms with Crippen molar-refractivity contribution >= 4 is 11.8 Å². The fraction of sp³-hybridized carbons (Fsp3) is 0.455. The molecule has 1 fully saturated rings. The quantitative estimate of drug-likeness (QED) is 0.742. The lowest BCUT2D eigenvalue weighted by atomic mass is 10.2. The van der Waals surface area contributed by atoms with Crippen molar-refractivity contribution < 1.29 is 14.1 Å².